The highest BCUT2D eigenvalue weighted by Gasteiger charge is 2.09. The number of hydrogen-bond donors (Lipinski definition) is 2. The molecular formula is C18H26N4O2. The van der Waals surface area contributed by atoms with Crippen LogP contribution in [0.1, 0.15) is 42.8 Å². The summed E-state index contributed by atoms with van der Waals surface area (Å²) in [6, 6.07) is 7.97. The molecule has 0 fully saturated rings. The number of benzene rings is 1. The minimum absolute atomic E-state index is 0.00807. The molecule has 0 spiro atoms. The second kappa shape index (κ2) is 8.61. The van der Waals surface area contributed by atoms with Crippen LogP contribution in [-0.4, -0.2) is 28.6 Å². The third kappa shape index (κ3) is 5.18. The molecule has 0 saturated carbocycles. The third-order valence-corrected chi connectivity index (χ3v) is 3.94. The molecule has 24 heavy (non-hydrogen) atoms. The smallest absolute Gasteiger partial charge is 0.246 e. The zero-order valence-corrected chi connectivity index (χ0v) is 14.5. The van der Waals surface area contributed by atoms with Crippen LogP contribution in [-0.2, 0) is 23.2 Å². The van der Waals surface area contributed by atoms with Crippen LogP contribution >= 0.6 is 0 Å². The van der Waals surface area contributed by atoms with Gasteiger partial charge in [0, 0.05) is 32.0 Å². The summed E-state index contributed by atoms with van der Waals surface area (Å²) < 4.78 is 7.22. The Morgan fingerprint density at radius 1 is 1.29 bits per heavy atom. The number of nitrogens with two attached hydrogens (primary N) is 1. The zero-order chi connectivity index (χ0) is 17.5. The first-order valence-electron chi connectivity index (χ1n) is 8.13. The topological polar surface area (TPSA) is 82.2 Å². The number of hydrogen-bond acceptors (Lipinski definition) is 4. The van der Waals surface area contributed by atoms with Crippen molar-refractivity contribution >= 4 is 5.91 Å². The molecule has 130 valence electrons. The van der Waals surface area contributed by atoms with E-state index in [1.807, 2.05) is 29.9 Å². The molecule has 2 aromatic rings. The SMILES string of the molecule is CC(C)c1ccc([C@H](N)CNC(=O)COCc2nccn2C)cc1. The van der Waals surface area contributed by atoms with Gasteiger partial charge in [0.05, 0.1) is 0 Å². The summed E-state index contributed by atoms with van der Waals surface area (Å²) in [6.07, 6.45) is 3.53. The summed E-state index contributed by atoms with van der Waals surface area (Å²) in [6.45, 7) is 4.98. The molecule has 3 N–H and O–H groups in total. The monoisotopic (exact) mass is 330 g/mol. The highest BCUT2D eigenvalue weighted by atomic mass is 16.5. The van der Waals surface area contributed by atoms with Crippen molar-refractivity contribution < 1.29 is 9.53 Å². The number of carbonyl (C=O) groups is 1. The van der Waals surface area contributed by atoms with E-state index < -0.39 is 0 Å². The van der Waals surface area contributed by atoms with Gasteiger partial charge >= 0.3 is 0 Å². The molecule has 0 bridgehead atoms. The average molecular weight is 330 g/mol. The molecule has 1 heterocycles. The molecular weight excluding hydrogens is 304 g/mol. The summed E-state index contributed by atoms with van der Waals surface area (Å²) in [4.78, 5) is 15.9. The highest BCUT2D eigenvalue weighted by molar-refractivity contribution is 5.77. The predicted octanol–water partition coefficient (Wildman–Crippen LogP) is 1.88. The summed E-state index contributed by atoms with van der Waals surface area (Å²) >= 11 is 0. The average Bonchev–Trinajstić information content (AvgIpc) is 2.98. The van der Waals surface area contributed by atoms with Crippen LogP contribution in [0.2, 0.25) is 0 Å². The quantitative estimate of drug-likeness (QED) is 0.774. The lowest BCUT2D eigenvalue weighted by atomic mass is 9.99. The fourth-order valence-corrected chi connectivity index (χ4v) is 2.29. The summed E-state index contributed by atoms with van der Waals surface area (Å²) in [5.74, 6) is 1.09. The molecule has 2 rings (SSSR count). The third-order valence-electron chi connectivity index (χ3n) is 3.94. The molecule has 0 aliphatic heterocycles. The lowest BCUT2D eigenvalue weighted by molar-refractivity contribution is -0.126. The summed E-state index contributed by atoms with van der Waals surface area (Å²) in [5, 5.41) is 2.80. The largest absolute Gasteiger partial charge is 0.364 e. The first-order valence-corrected chi connectivity index (χ1v) is 8.13. The standard InChI is InChI=1S/C18H26N4O2/c1-13(2)14-4-6-15(7-5-14)16(19)10-21-18(23)12-24-11-17-20-8-9-22(17)3/h4-9,13,16H,10-12,19H2,1-3H3,(H,21,23)/t16-/m1/s1. The Labute approximate surface area is 143 Å². The van der Waals surface area contributed by atoms with E-state index in [-0.39, 0.29) is 18.6 Å². The van der Waals surface area contributed by atoms with Crippen LogP contribution in [0, 0.1) is 0 Å². The van der Waals surface area contributed by atoms with Gasteiger partial charge in [0.15, 0.2) is 0 Å². The molecule has 1 atom stereocenters. The normalized spacial score (nSPS) is 12.4. The molecule has 6 heteroatoms. The van der Waals surface area contributed by atoms with Crippen LogP contribution in [0.3, 0.4) is 0 Å². The second-order valence-corrected chi connectivity index (χ2v) is 6.18. The zero-order valence-electron chi connectivity index (χ0n) is 14.5. The Bertz CT molecular complexity index is 649. The Kier molecular flexibility index (Phi) is 6.52. The number of nitrogens with zero attached hydrogens (tertiary/aromatic N) is 2. The number of ether oxygens (including phenoxy) is 1. The lowest BCUT2D eigenvalue weighted by Gasteiger charge is -2.14. The van der Waals surface area contributed by atoms with Gasteiger partial charge in [-0.15, -0.1) is 0 Å². The maximum absolute atomic E-state index is 11.8. The minimum Gasteiger partial charge on any atom is -0.364 e. The van der Waals surface area contributed by atoms with Gasteiger partial charge in [0.25, 0.3) is 0 Å². The Balaban J connectivity index is 1.71. The first-order chi connectivity index (χ1) is 11.5. The van der Waals surface area contributed by atoms with Crippen LogP contribution in [0.4, 0.5) is 0 Å². The molecule has 0 aliphatic rings. The van der Waals surface area contributed by atoms with Crippen LogP contribution in [0.5, 0.6) is 0 Å². The lowest BCUT2D eigenvalue weighted by Crippen LogP contribution is -2.34. The van der Waals surface area contributed by atoms with E-state index >= 15 is 0 Å². The fraction of sp³-hybridized carbons (Fsp3) is 0.444. The van der Waals surface area contributed by atoms with Gasteiger partial charge < -0.3 is 20.4 Å². The number of aryl methyl sites for hydroxylation is 1. The van der Waals surface area contributed by atoms with Gasteiger partial charge in [0.2, 0.25) is 5.91 Å². The van der Waals surface area contributed by atoms with Crippen molar-refractivity contribution in [1.82, 2.24) is 14.9 Å². The van der Waals surface area contributed by atoms with Gasteiger partial charge in [0.1, 0.15) is 19.0 Å². The van der Waals surface area contributed by atoms with Crippen molar-refractivity contribution in [3.63, 3.8) is 0 Å². The van der Waals surface area contributed by atoms with E-state index in [2.05, 4.69) is 36.3 Å². The van der Waals surface area contributed by atoms with Gasteiger partial charge in [-0.2, -0.15) is 0 Å². The number of carbonyl (C=O) groups excluding carboxylic acids is 1. The minimum atomic E-state index is -0.232. The maximum Gasteiger partial charge on any atom is 0.246 e. The van der Waals surface area contributed by atoms with E-state index in [9.17, 15) is 4.79 Å². The van der Waals surface area contributed by atoms with Crippen molar-refractivity contribution in [3.8, 4) is 0 Å². The molecule has 1 aromatic carbocycles. The highest BCUT2D eigenvalue weighted by Crippen LogP contribution is 2.17. The number of imidazole rings is 1. The Hall–Kier alpha value is -2.18. The van der Waals surface area contributed by atoms with Gasteiger partial charge in [-0.1, -0.05) is 38.1 Å². The van der Waals surface area contributed by atoms with Crippen LogP contribution < -0.4 is 11.1 Å². The molecule has 0 saturated heterocycles. The number of rotatable bonds is 8. The van der Waals surface area contributed by atoms with Crippen LogP contribution in [0.25, 0.3) is 0 Å². The molecule has 1 amide bonds. The van der Waals surface area contributed by atoms with Gasteiger partial charge in [-0.05, 0) is 17.0 Å². The number of aromatic nitrogens is 2. The van der Waals surface area contributed by atoms with Crippen molar-refractivity contribution in [3.05, 3.63) is 53.6 Å². The van der Waals surface area contributed by atoms with Gasteiger partial charge in [-0.3, -0.25) is 4.79 Å². The molecule has 6 nitrogen and oxygen atoms in total. The Morgan fingerprint density at radius 2 is 1.96 bits per heavy atom. The van der Waals surface area contributed by atoms with E-state index in [4.69, 9.17) is 10.5 Å². The molecule has 1 aromatic heterocycles. The molecule has 0 unspecified atom stereocenters. The summed E-state index contributed by atoms with van der Waals surface area (Å²) in [5.41, 5.74) is 8.41. The Morgan fingerprint density at radius 3 is 2.54 bits per heavy atom. The van der Waals surface area contributed by atoms with E-state index in [1.54, 1.807) is 6.20 Å². The van der Waals surface area contributed by atoms with Crippen molar-refractivity contribution in [2.45, 2.75) is 32.4 Å². The van der Waals surface area contributed by atoms with Gasteiger partial charge in [-0.25, -0.2) is 4.98 Å². The van der Waals surface area contributed by atoms with Crippen molar-refractivity contribution in [2.24, 2.45) is 12.8 Å². The van der Waals surface area contributed by atoms with E-state index in [0.717, 1.165) is 11.4 Å². The maximum atomic E-state index is 11.8. The van der Waals surface area contributed by atoms with Crippen molar-refractivity contribution in [2.75, 3.05) is 13.2 Å². The first kappa shape index (κ1) is 18.2. The van der Waals surface area contributed by atoms with Crippen molar-refractivity contribution in [1.29, 1.82) is 0 Å². The van der Waals surface area contributed by atoms with E-state index in [1.165, 1.54) is 5.56 Å². The number of nitrogens with one attached hydrogen (secondary N) is 1. The fourth-order valence-electron chi connectivity index (χ4n) is 2.29. The van der Waals surface area contributed by atoms with E-state index in [0.29, 0.717) is 19.1 Å². The predicted molar refractivity (Wildman–Crippen MR) is 93.3 cm³/mol. The number of amides is 1. The summed E-state index contributed by atoms with van der Waals surface area (Å²) in [7, 11) is 1.88. The van der Waals surface area contributed by atoms with Crippen LogP contribution in [0.15, 0.2) is 36.7 Å². The second-order valence-electron chi connectivity index (χ2n) is 6.18. The molecule has 0 aliphatic carbocycles. The molecule has 0 radical (unpaired) electrons.